The quantitative estimate of drug-likeness (QED) is 0.431. The molecule has 0 spiro atoms. The van der Waals surface area contributed by atoms with Crippen molar-refractivity contribution in [2.45, 2.75) is 39.8 Å². The van der Waals surface area contributed by atoms with E-state index >= 15 is 0 Å². The first kappa shape index (κ1) is 20.8. The van der Waals surface area contributed by atoms with Gasteiger partial charge in [0.05, 0.1) is 36.0 Å². The zero-order chi connectivity index (χ0) is 22.1. The second kappa shape index (κ2) is 8.79. The Hall–Kier alpha value is -3.11. The minimum absolute atomic E-state index is 0.230. The van der Waals surface area contributed by atoms with Crippen LogP contribution in [-0.2, 0) is 17.9 Å². The van der Waals surface area contributed by atoms with Crippen molar-refractivity contribution in [3.8, 4) is 11.3 Å². The Kier molecular flexibility index (Phi) is 5.71. The van der Waals surface area contributed by atoms with E-state index in [1.54, 1.807) is 17.1 Å². The van der Waals surface area contributed by atoms with Crippen LogP contribution in [0, 0.1) is 12.8 Å². The van der Waals surface area contributed by atoms with Crippen molar-refractivity contribution in [3.05, 3.63) is 42.2 Å². The molecule has 1 N–H and O–H groups in total. The molecule has 1 fully saturated rings. The van der Waals surface area contributed by atoms with Crippen LogP contribution in [0.1, 0.15) is 31.2 Å². The van der Waals surface area contributed by atoms with Crippen molar-refractivity contribution in [1.29, 1.82) is 0 Å². The molecule has 1 atom stereocenters. The summed E-state index contributed by atoms with van der Waals surface area (Å²) < 4.78 is 8.26. The second-order valence-corrected chi connectivity index (χ2v) is 9.28. The molecule has 0 bridgehead atoms. The van der Waals surface area contributed by atoms with Gasteiger partial charge in [-0.2, -0.15) is 9.47 Å². The molecule has 32 heavy (non-hydrogen) atoms. The summed E-state index contributed by atoms with van der Waals surface area (Å²) in [6.45, 7) is 7.68. The summed E-state index contributed by atoms with van der Waals surface area (Å²) in [5, 5.41) is 8.61. The van der Waals surface area contributed by atoms with Crippen LogP contribution in [0.5, 0.6) is 0 Å². The fourth-order valence-corrected chi connectivity index (χ4v) is 4.96. The summed E-state index contributed by atoms with van der Waals surface area (Å²) in [5.74, 6) is 1.45. The number of fused-ring (bicyclic) bond motifs is 1. The Bertz CT molecular complexity index is 1240. The minimum Gasteiger partial charge on any atom is -0.328 e. The van der Waals surface area contributed by atoms with Gasteiger partial charge in [0, 0.05) is 31.0 Å². The number of carbonyl (C=O) groups excluding carboxylic acids is 1. The van der Waals surface area contributed by atoms with Gasteiger partial charge in [-0.25, -0.2) is 9.97 Å². The average molecular weight is 451 g/mol. The van der Waals surface area contributed by atoms with Gasteiger partial charge in [0.15, 0.2) is 11.5 Å². The van der Waals surface area contributed by atoms with Crippen LogP contribution in [0.2, 0.25) is 0 Å². The summed E-state index contributed by atoms with van der Waals surface area (Å²) in [7, 11) is 0. The molecule has 5 heterocycles. The van der Waals surface area contributed by atoms with E-state index in [9.17, 15) is 4.79 Å². The summed E-state index contributed by atoms with van der Waals surface area (Å²) in [6, 6.07) is 2.11. The normalized spacial score (nSPS) is 17.1. The topological polar surface area (TPSA) is 93.2 Å². The number of aldehydes is 1. The van der Waals surface area contributed by atoms with E-state index in [0.29, 0.717) is 5.82 Å². The highest BCUT2D eigenvalue weighted by molar-refractivity contribution is 7.10. The fraction of sp³-hybridized carbons (Fsp3) is 0.409. The van der Waals surface area contributed by atoms with Crippen molar-refractivity contribution < 1.29 is 4.79 Å². The molecule has 1 aliphatic heterocycles. The lowest BCUT2D eigenvalue weighted by atomic mass is 10.0. The molecule has 0 radical (unpaired) electrons. The molecule has 9 nitrogen and oxygen atoms in total. The van der Waals surface area contributed by atoms with Gasteiger partial charge in [0.1, 0.15) is 11.3 Å². The van der Waals surface area contributed by atoms with Crippen LogP contribution in [0.25, 0.3) is 16.9 Å². The van der Waals surface area contributed by atoms with Crippen molar-refractivity contribution >= 4 is 34.3 Å². The molecule has 4 aromatic rings. The molecule has 1 aliphatic rings. The number of imidazole rings is 1. The Morgan fingerprint density at radius 2 is 2.22 bits per heavy atom. The van der Waals surface area contributed by atoms with Crippen LogP contribution in [0.3, 0.4) is 0 Å². The predicted molar refractivity (Wildman–Crippen MR) is 124 cm³/mol. The van der Waals surface area contributed by atoms with E-state index in [1.165, 1.54) is 24.4 Å². The van der Waals surface area contributed by atoms with Crippen molar-refractivity contribution in [2.75, 3.05) is 18.4 Å². The number of rotatable bonds is 7. The summed E-state index contributed by atoms with van der Waals surface area (Å²) in [6.07, 6.45) is 10.8. The highest BCUT2D eigenvalue weighted by Gasteiger charge is 2.18. The van der Waals surface area contributed by atoms with Gasteiger partial charge in [-0.15, -0.1) is 0 Å². The number of aromatic nitrogens is 6. The average Bonchev–Trinajstić information content (AvgIpc) is 3.48. The van der Waals surface area contributed by atoms with Crippen LogP contribution < -0.4 is 5.32 Å². The first-order valence-electron chi connectivity index (χ1n) is 10.8. The van der Waals surface area contributed by atoms with Crippen LogP contribution in [0.4, 0.5) is 10.8 Å². The summed E-state index contributed by atoms with van der Waals surface area (Å²) >= 11 is 1.45. The van der Waals surface area contributed by atoms with E-state index in [-0.39, 0.29) is 6.54 Å². The first-order valence-corrected chi connectivity index (χ1v) is 11.6. The molecule has 5 rings (SSSR count). The maximum absolute atomic E-state index is 10.8. The summed E-state index contributed by atoms with van der Waals surface area (Å²) in [5.41, 5.74) is 4.48. The maximum atomic E-state index is 10.8. The smallest absolute Gasteiger partial charge is 0.180 e. The largest absolute Gasteiger partial charge is 0.328 e. The maximum Gasteiger partial charge on any atom is 0.180 e. The van der Waals surface area contributed by atoms with Gasteiger partial charge < -0.3 is 10.1 Å². The standard InChI is InChI=1S/C22H26N8OS/c1-15-4-3-5-28(11-15)14-18-8-20(32-27-18)26-21-22-23-10-19(30(22)12-16(2)25-21)17-9-24-29(13-17)6-7-31/h7-10,12-13,15H,3-6,11,14H2,1-2H3,(H,25,26). The first-order chi connectivity index (χ1) is 15.6. The third-order valence-corrected chi connectivity index (χ3v) is 6.47. The van der Waals surface area contributed by atoms with Crippen LogP contribution in [-0.4, -0.2) is 52.8 Å². The third kappa shape index (κ3) is 4.28. The predicted octanol–water partition coefficient (Wildman–Crippen LogP) is 3.53. The zero-order valence-electron chi connectivity index (χ0n) is 18.2. The van der Waals surface area contributed by atoms with Gasteiger partial charge in [-0.05, 0) is 49.8 Å². The van der Waals surface area contributed by atoms with E-state index in [1.807, 2.05) is 23.7 Å². The minimum atomic E-state index is 0.230. The van der Waals surface area contributed by atoms with Crippen molar-refractivity contribution in [2.24, 2.45) is 5.92 Å². The van der Waals surface area contributed by atoms with Gasteiger partial charge in [0.25, 0.3) is 0 Å². The lowest BCUT2D eigenvalue weighted by Gasteiger charge is -2.30. The number of anilines is 2. The van der Waals surface area contributed by atoms with Crippen LogP contribution >= 0.6 is 11.5 Å². The number of carbonyl (C=O) groups is 1. The number of hydrogen-bond donors (Lipinski definition) is 1. The number of hydrogen-bond acceptors (Lipinski definition) is 8. The van der Waals surface area contributed by atoms with E-state index in [2.05, 4.69) is 42.6 Å². The fourth-order valence-electron chi connectivity index (χ4n) is 4.30. The van der Waals surface area contributed by atoms with E-state index in [0.717, 1.165) is 65.1 Å². The van der Waals surface area contributed by atoms with Gasteiger partial charge >= 0.3 is 0 Å². The highest BCUT2D eigenvalue weighted by atomic mass is 32.1. The SMILES string of the molecule is Cc1cn2c(-c3cnn(CC=O)c3)cnc2c(Nc2cc(CN3CCCC(C)C3)ns2)n1. The molecule has 0 amide bonds. The second-order valence-electron chi connectivity index (χ2n) is 8.48. The lowest BCUT2D eigenvalue weighted by Crippen LogP contribution is -2.33. The van der Waals surface area contributed by atoms with Gasteiger partial charge in [-0.3, -0.25) is 14.0 Å². The molecule has 0 saturated carbocycles. The molecule has 0 aromatic carbocycles. The molecule has 4 aromatic heterocycles. The number of nitrogens with zero attached hydrogens (tertiary/aromatic N) is 7. The Morgan fingerprint density at radius 3 is 3.06 bits per heavy atom. The zero-order valence-corrected chi connectivity index (χ0v) is 19.0. The number of piperidine rings is 1. The number of likely N-dealkylation sites (tertiary alicyclic amines) is 1. The molecule has 166 valence electrons. The van der Waals surface area contributed by atoms with Crippen molar-refractivity contribution in [1.82, 2.24) is 33.4 Å². The monoisotopic (exact) mass is 450 g/mol. The van der Waals surface area contributed by atoms with Gasteiger partial charge in [0.2, 0.25) is 0 Å². The molecule has 1 unspecified atom stereocenters. The highest BCUT2D eigenvalue weighted by Crippen LogP contribution is 2.28. The lowest BCUT2D eigenvalue weighted by molar-refractivity contribution is -0.108. The third-order valence-electron chi connectivity index (χ3n) is 5.73. The Labute approximate surface area is 190 Å². The van der Waals surface area contributed by atoms with Crippen LogP contribution in [0.15, 0.2) is 30.9 Å². The summed E-state index contributed by atoms with van der Waals surface area (Å²) in [4.78, 5) is 22.5. The Morgan fingerprint density at radius 1 is 1.31 bits per heavy atom. The molecule has 0 aliphatic carbocycles. The van der Waals surface area contributed by atoms with Crippen molar-refractivity contribution in [3.63, 3.8) is 0 Å². The molecular formula is C22H26N8OS. The van der Waals surface area contributed by atoms with E-state index < -0.39 is 0 Å². The molecular weight excluding hydrogens is 424 g/mol. The van der Waals surface area contributed by atoms with Gasteiger partial charge in [-0.1, -0.05) is 6.92 Å². The molecule has 10 heteroatoms. The molecule has 1 saturated heterocycles. The number of aryl methyl sites for hydroxylation is 1. The Balaban J connectivity index is 1.38. The number of nitrogens with one attached hydrogen (secondary N) is 1. The van der Waals surface area contributed by atoms with E-state index in [4.69, 9.17) is 0 Å².